The van der Waals surface area contributed by atoms with Gasteiger partial charge in [0.2, 0.25) is 4.46 Å². The number of halogens is 2. The number of allylic oxidation sites excluding steroid dienone is 2. The highest BCUT2D eigenvalue weighted by Crippen LogP contribution is 2.30. The summed E-state index contributed by atoms with van der Waals surface area (Å²) >= 11 is 11.6. The van der Waals surface area contributed by atoms with E-state index in [0.717, 1.165) is 6.29 Å². The summed E-state index contributed by atoms with van der Waals surface area (Å²) in [6.07, 6.45) is 5.48. The highest BCUT2D eigenvalue weighted by molar-refractivity contribution is 6.49. The van der Waals surface area contributed by atoms with E-state index in [1.54, 1.807) is 30.3 Å². The second-order valence-electron chi connectivity index (χ2n) is 2.28. The fourth-order valence-electron chi connectivity index (χ4n) is 0.736. The Kier molecular flexibility index (Phi) is 2.25. The van der Waals surface area contributed by atoms with Crippen LogP contribution >= 0.6 is 23.2 Å². The molecule has 0 radical (unpaired) electrons. The van der Waals surface area contributed by atoms with Crippen LogP contribution in [-0.2, 0) is 4.79 Å². The summed E-state index contributed by atoms with van der Waals surface area (Å²) in [6.45, 7) is 0. The molecule has 0 aromatic carbocycles. The van der Waals surface area contributed by atoms with Gasteiger partial charge in [-0.3, -0.25) is 4.79 Å². The maximum Gasteiger partial charge on any atom is 0.209 e. The van der Waals surface area contributed by atoms with Crippen LogP contribution in [0.1, 0.15) is 0 Å². The van der Waals surface area contributed by atoms with Gasteiger partial charge in [0.1, 0.15) is 0 Å². The van der Waals surface area contributed by atoms with E-state index >= 15 is 0 Å². The van der Waals surface area contributed by atoms with E-state index in [-0.39, 0.29) is 0 Å². The molecule has 0 saturated heterocycles. The van der Waals surface area contributed by atoms with Gasteiger partial charge in [0, 0.05) is 18.8 Å². The standard InChI is InChI=1S/C7H7Cl2NO/c1-10-4-6(5-11)2-3-7(10,8)9/h2-5H,1H3. The highest BCUT2D eigenvalue weighted by Gasteiger charge is 2.26. The van der Waals surface area contributed by atoms with Crippen molar-refractivity contribution in [3.8, 4) is 0 Å². The van der Waals surface area contributed by atoms with Crippen LogP contribution in [0.4, 0.5) is 0 Å². The van der Waals surface area contributed by atoms with Gasteiger partial charge in [-0.05, 0) is 12.2 Å². The Balaban J connectivity index is 2.88. The lowest BCUT2D eigenvalue weighted by molar-refractivity contribution is -0.104. The summed E-state index contributed by atoms with van der Waals surface area (Å²) in [7, 11) is 1.70. The summed E-state index contributed by atoms with van der Waals surface area (Å²) in [5, 5.41) is 0. The number of nitrogens with zero attached hydrogens (tertiary/aromatic N) is 1. The molecule has 0 N–H and O–H groups in total. The first-order valence-corrected chi connectivity index (χ1v) is 3.79. The topological polar surface area (TPSA) is 20.3 Å². The summed E-state index contributed by atoms with van der Waals surface area (Å²) in [5.41, 5.74) is 0.560. The molecule has 0 saturated carbocycles. The molecule has 0 atom stereocenters. The molecular formula is C7H7Cl2NO. The first-order valence-electron chi connectivity index (χ1n) is 3.03. The zero-order valence-electron chi connectivity index (χ0n) is 5.92. The smallest absolute Gasteiger partial charge is 0.209 e. The van der Waals surface area contributed by atoms with Crippen LogP contribution < -0.4 is 0 Å². The van der Waals surface area contributed by atoms with E-state index < -0.39 is 4.46 Å². The molecule has 0 unspecified atom stereocenters. The monoisotopic (exact) mass is 191 g/mol. The maximum absolute atomic E-state index is 10.3. The number of likely N-dealkylation sites (N-methyl/N-ethyl adjacent to an activating group) is 1. The van der Waals surface area contributed by atoms with Crippen molar-refractivity contribution >= 4 is 29.5 Å². The molecule has 11 heavy (non-hydrogen) atoms. The number of rotatable bonds is 1. The van der Waals surface area contributed by atoms with Gasteiger partial charge in [-0.25, -0.2) is 0 Å². The van der Waals surface area contributed by atoms with Crippen LogP contribution in [0.5, 0.6) is 0 Å². The molecule has 0 spiro atoms. The largest absolute Gasteiger partial charge is 0.346 e. The molecule has 0 amide bonds. The Morgan fingerprint density at radius 1 is 1.64 bits per heavy atom. The molecule has 0 aromatic rings. The lowest BCUT2D eigenvalue weighted by atomic mass is 10.2. The predicted molar refractivity (Wildman–Crippen MR) is 45.5 cm³/mol. The van der Waals surface area contributed by atoms with E-state index in [1.807, 2.05) is 0 Å². The summed E-state index contributed by atoms with van der Waals surface area (Å²) < 4.78 is -1.02. The Morgan fingerprint density at radius 3 is 2.73 bits per heavy atom. The fraction of sp³-hybridized carbons (Fsp3) is 0.286. The van der Waals surface area contributed by atoms with E-state index in [4.69, 9.17) is 23.2 Å². The molecule has 1 heterocycles. The third-order valence-electron chi connectivity index (χ3n) is 1.43. The molecule has 60 valence electrons. The summed E-state index contributed by atoms with van der Waals surface area (Å²) in [5.74, 6) is 0. The number of hydrogen-bond donors (Lipinski definition) is 0. The summed E-state index contributed by atoms with van der Waals surface area (Å²) in [6, 6.07) is 0. The Labute approximate surface area is 75.1 Å². The second kappa shape index (κ2) is 2.88. The Bertz CT molecular complexity index is 233. The van der Waals surface area contributed by atoms with Crippen LogP contribution in [0.15, 0.2) is 23.9 Å². The van der Waals surface area contributed by atoms with Crippen molar-refractivity contribution in [1.29, 1.82) is 0 Å². The predicted octanol–water partition coefficient (Wildman–Crippen LogP) is 1.70. The first-order chi connectivity index (χ1) is 5.06. The molecule has 2 nitrogen and oxygen atoms in total. The van der Waals surface area contributed by atoms with Crippen LogP contribution in [0.25, 0.3) is 0 Å². The van der Waals surface area contributed by atoms with E-state index in [0.29, 0.717) is 5.57 Å². The molecular weight excluding hydrogens is 185 g/mol. The molecule has 0 bridgehead atoms. The van der Waals surface area contributed by atoms with Gasteiger partial charge in [0.15, 0.2) is 6.29 Å². The van der Waals surface area contributed by atoms with Crippen molar-refractivity contribution in [2.75, 3.05) is 7.05 Å². The van der Waals surface area contributed by atoms with Crippen molar-refractivity contribution < 1.29 is 4.79 Å². The lowest BCUT2D eigenvalue weighted by Gasteiger charge is -2.29. The minimum Gasteiger partial charge on any atom is -0.346 e. The number of hydrogen-bond acceptors (Lipinski definition) is 2. The van der Waals surface area contributed by atoms with Gasteiger partial charge in [0.05, 0.1) is 0 Å². The maximum atomic E-state index is 10.3. The van der Waals surface area contributed by atoms with Crippen molar-refractivity contribution in [2.45, 2.75) is 4.46 Å². The highest BCUT2D eigenvalue weighted by atomic mass is 35.5. The van der Waals surface area contributed by atoms with E-state index in [9.17, 15) is 4.79 Å². The Hall–Kier alpha value is -0.470. The minimum absolute atomic E-state index is 0.560. The first kappa shape index (κ1) is 8.62. The number of alkyl halides is 2. The van der Waals surface area contributed by atoms with Gasteiger partial charge < -0.3 is 4.90 Å². The van der Waals surface area contributed by atoms with Gasteiger partial charge in [-0.15, -0.1) is 0 Å². The quantitative estimate of drug-likeness (QED) is 0.358. The minimum atomic E-state index is -1.02. The van der Waals surface area contributed by atoms with Gasteiger partial charge in [0.25, 0.3) is 0 Å². The third kappa shape index (κ3) is 1.76. The normalized spacial score (nSPS) is 21.4. The zero-order valence-corrected chi connectivity index (χ0v) is 7.43. The third-order valence-corrected chi connectivity index (χ3v) is 2.21. The molecule has 0 fully saturated rings. The number of aldehydes is 1. The van der Waals surface area contributed by atoms with E-state index in [2.05, 4.69) is 0 Å². The van der Waals surface area contributed by atoms with Crippen molar-refractivity contribution in [2.24, 2.45) is 0 Å². The van der Waals surface area contributed by atoms with Crippen LogP contribution in [0.2, 0.25) is 0 Å². The van der Waals surface area contributed by atoms with Crippen molar-refractivity contribution in [3.05, 3.63) is 23.9 Å². The SMILES string of the molecule is CN1C=C(C=O)C=CC1(Cl)Cl. The van der Waals surface area contributed by atoms with Crippen LogP contribution in [0.3, 0.4) is 0 Å². The fourth-order valence-corrected chi connectivity index (χ4v) is 0.960. The average Bonchev–Trinajstić information content (AvgIpc) is 1.95. The zero-order chi connectivity index (χ0) is 8.48. The number of carbonyl (C=O) groups is 1. The van der Waals surface area contributed by atoms with Crippen molar-refractivity contribution in [3.63, 3.8) is 0 Å². The van der Waals surface area contributed by atoms with Gasteiger partial charge >= 0.3 is 0 Å². The molecule has 1 aliphatic heterocycles. The Morgan fingerprint density at radius 2 is 2.27 bits per heavy atom. The molecule has 1 rings (SSSR count). The van der Waals surface area contributed by atoms with Crippen LogP contribution in [0, 0.1) is 0 Å². The molecule has 1 aliphatic rings. The lowest BCUT2D eigenvalue weighted by Crippen LogP contribution is -2.32. The molecule has 0 aliphatic carbocycles. The second-order valence-corrected chi connectivity index (χ2v) is 3.62. The number of carbonyl (C=O) groups excluding carboxylic acids is 1. The average molecular weight is 192 g/mol. The molecule has 4 heteroatoms. The van der Waals surface area contributed by atoms with Crippen molar-refractivity contribution in [1.82, 2.24) is 4.90 Å². The van der Waals surface area contributed by atoms with Crippen LogP contribution in [-0.4, -0.2) is 22.7 Å². The summed E-state index contributed by atoms with van der Waals surface area (Å²) in [4.78, 5) is 11.8. The molecule has 0 aromatic heterocycles. The van der Waals surface area contributed by atoms with Gasteiger partial charge in [-0.1, -0.05) is 23.2 Å². The van der Waals surface area contributed by atoms with Gasteiger partial charge in [-0.2, -0.15) is 0 Å². The van der Waals surface area contributed by atoms with E-state index in [1.165, 1.54) is 0 Å².